The third kappa shape index (κ3) is 3.65. The Bertz CT molecular complexity index is 1020. The quantitative estimate of drug-likeness (QED) is 0.626. The lowest BCUT2D eigenvalue weighted by molar-refractivity contribution is -0.138. The van der Waals surface area contributed by atoms with Crippen LogP contribution in [-0.2, 0) is 16.1 Å². The number of anilines is 1. The topological polar surface area (TPSA) is 121 Å². The third-order valence-corrected chi connectivity index (χ3v) is 4.06. The molecule has 1 aliphatic heterocycles. The smallest absolute Gasteiger partial charge is 0.322 e. The second kappa shape index (κ2) is 7.82. The fraction of sp³-hybridized carbons (Fsp3) is 0.167. The van der Waals surface area contributed by atoms with E-state index in [9.17, 15) is 14.0 Å². The molecule has 0 spiro atoms. The van der Waals surface area contributed by atoms with Crippen LogP contribution in [0.2, 0.25) is 0 Å². The maximum absolute atomic E-state index is 13.6. The van der Waals surface area contributed by atoms with Gasteiger partial charge in [-0.05, 0) is 18.9 Å². The number of fused-ring (bicyclic) bond motifs is 1. The van der Waals surface area contributed by atoms with Crippen molar-refractivity contribution in [2.45, 2.75) is 6.54 Å². The zero-order chi connectivity index (χ0) is 20.3. The Morgan fingerprint density at radius 2 is 2.21 bits per heavy atom. The van der Waals surface area contributed by atoms with Gasteiger partial charge in [-0.25, -0.2) is 14.4 Å². The molecule has 0 unspecified atom stereocenters. The molecule has 0 aliphatic carbocycles. The van der Waals surface area contributed by atoms with Gasteiger partial charge in [0.05, 0.1) is 11.9 Å². The summed E-state index contributed by atoms with van der Waals surface area (Å²) < 4.78 is 15.2. The molecule has 144 valence electrons. The fourth-order valence-electron chi connectivity index (χ4n) is 2.89. The van der Waals surface area contributed by atoms with E-state index >= 15 is 0 Å². The Labute approximate surface area is 159 Å². The molecular formula is C18H17FN6O3. The lowest BCUT2D eigenvalue weighted by Gasteiger charge is -2.12. The molecule has 0 saturated heterocycles. The van der Waals surface area contributed by atoms with Crippen LogP contribution in [0.25, 0.3) is 11.3 Å². The maximum atomic E-state index is 13.6. The summed E-state index contributed by atoms with van der Waals surface area (Å²) in [6.45, 7) is 3.05. The number of aromatic nitrogens is 2. The van der Waals surface area contributed by atoms with E-state index in [1.54, 1.807) is 23.9 Å². The van der Waals surface area contributed by atoms with E-state index in [2.05, 4.69) is 32.3 Å². The number of carboxylic acids is 1. The molecule has 10 heteroatoms. The highest BCUT2D eigenvalue weighted by molar-refractivity contribution is 6.24. The minimum atomic E-state index is -1.13. The summed E-state index contributed by atoms with van der Waals surface area (Å²) in [5.41, 5.74) is 2.13. The lowest BCUT2D eigenvalue weighted by atomic mass is 10.0. The zero-order valence-corrected chi connectivity index (χ0v) is 14.9. The van der Waals surface area contributed by atoms with Crippen LogP contribution in [0.3, 0.4) is 0 Å². The van der Waals surface area contributed by atoms with Crippen molar-refractivity contribution in [3.05, 3.63) is 41.5 Å². The molecule has 3 N–H and O–H groups in total. The van der Waals surface area contributed by atoms with Gasteiger partial charge in [-0.3, -0.25) is 14.6 Å². The molecule has 0 fully saturated rings. The van der Waals surface area contributed by atoms with Gasteiger partial charge in [-0.2, -0.15) is 0 Å². The van der Waals surface area contributed by atoms with E-state index in [-0.39, 0.29) is 6.54 Å². The molecule has 0 aromatic carbocycles. The second-order valence-corrected chi connectivity index (χ2v) is 5.83. The number of pyridine rings is 1. The maximum Gasteiger partial charge on any atom is 0.322 e. The van der Waals surface area contributed by atoms with Crippen molar-refractivity contribution in [3.8, 4) is 0 Å². The lowest BCUT2D eigenvalue weighted by Crippen LogP contribution is -2.32. The number of carbonyl (C=O) groups is 2. The van der Waals surface area contributed by atoms with Crippen molar-refractivity contribution >= 4 is 47.7 Å². The van der Waals surface area contributed by atoms with Crippen molar-refractivity contribution < 1.29 is 19.1 Å². The number of nitrogens with one attached hydrogen (secondary N) is 2. The van der Waals surface area contributed by atoms with E-state index < -0.39 is 24.2 Å². The zero-order valence-electron chi connectivity index (χ0n) is 14.9. The highest BCUT2D eigenvalue weighted by Crippen LogP contribution is 2.38. The number of hydrogen-bond acceptors (Lipinski definition) is 6. The number of nitrogens with zero attached hydrogens (tertiary/aromatic N) is 4. The Morgan fingerprint density at radius 1 is 1.43 bits per heavy atom. The molecule has 0 bridgehead atoms. The Kier molecular flexibility index (Phi) is 5.30. The SMILES string of the molecule is C=NC(=C1C=Nc2ncc(F)cc21)c1ccn(CC(=O)NCC(=O)O)c1NC. The first-order chi connectivity index (χ1) is 13.4. The largest absolute Gasteiger partial charge is 0.480 e. The summed E-state index contributed by atoms with van der Waals surface area (Å²) in [5.74, 6) is -1.13. The van der Waals surface area contributed by atoms with Crippen LogP contribution >= 0.6 is 0 Å². The molecule has 3 rings (SSSR count). The van der Waals surface area contributed by atoms with Crippen molar-refractivity contribution in [2.75, 3.05) is 18.9 Å². The molecule has 1 aliphatic rings. The normalized spacial score (nSPS) is 13.8. The third-order valence-electron chi connectivity index (χ3n) is 4.06. The van der Waals surface area contributed by atoms with Gasteiger partial charge < -0.3 is 20.3 Å². The van der Waals surface area contributed by atoms with Crippen molar-refractivity contribution in [1.29, 1.82) is 0 Å². The average Bonchev–Trinajstić information content (AvgIpc) is 3.25. The molecule has 28 heavy (non-hydrogen) atoms. The van der Waals surface area contributed by atoms with Gasteiger partial charge in [0.1, 0.15) is 24.7 Å². The first-order valence-electron chi connectivity index (χ1n) is 8.21. The number of aliphatic imine (C=N–C) groups is 2. The predicted molar refractivity (Wildman–Crippen MR) is 103 cm³/mol. The predicted octanol–water partition coefficient (Wildman–Crippen LogP) is 1.55. The Balaban J connectivity index is 1.98. The van der Waals surface area contributed by atoms with Crippen LogP contribution in [-0.4, -0.2) is 53.1 Å². The van der Waals surface area contributed by atoms with Crippen LogP contribution in [0.5, 0.6) is 0 Å². The number of allylic oxidation sites excluding steroid dienone is 1. The number of amides is 1. The summed E-state index contributed by atoms with van der Waals surface area (Å²) in [7, 11) is 1.67. The van der Waals surface area contributed by atoms with E-state index in [1.807, 2.05) is 0 Å². The van der Waals surface area contributed by atoms with Gasteiger partial charge in [0.25, 0.3) is 0 Å². The average molecular weight is 384 g/mol. The van der Waals surface area contributed by atoms with Gasteiger partial charge in [0.2, 0.25) is 5.91 Å². The van der Waals surface area contributed by atoms with E-state index in [1.165, 1.54) is 12.3 Å². The van der Waals surface area contributed by atoms with Crippen molar-refractivity contribution in [3.63, 3.8) is 0 Å². The Hall–Kier alpha value is -3.82. The Morgan fingerprint density at radius 3 is 2.89 bits per heavy atom. The van der Waals surface area contributed by atoms with Gasteiger partial charge in [0, 0.05) is 36.2 Å². The van der Waals surface area contributed by atoms with Crippen LogP contribution in [0.15, 0.2) is 34.5 Å². The minimum Gasteiger partial charge on any atom is -0.480 e. The number of rotatable bonds is 7. The molecule has 2 aromatic rings. The number of carbonyl (C=O) groups excluding carboxylic acids is 1. The molecular weight excluding hydrogens is 367 g/mol. The summed E-state index contributed by atoms with van der Waals surface area (Å²) in [6.07, 6.45) is 4.28. The van der Waals surface area contributed by atoms with E-state index in [4.69, 9.17) is 5.11 Å². The summed E-state index contributed by atoms with van der Waals surface area (Å²) in [6, 6.07) is 3.05. The highest BCUT2D eigenvalue weighted by Gasteiger charge is 2.22. The molecule has 0 saturated carbocycles. The highest BCUT2D eigenvalue weighted by atomic mass is 19.1. The number of aliphatic carboxylic acids is 1. The van der Waals surface area contributed by atoms with E-state index in [0.29, 0.717) is 34.0 Å². The number of halogens is 1. The van der Waals surface area contributed by atoms with Crippen LogP contribution in [0.1, 0.15) is 11.1 Å². The molecule has 2 aromatic heterocycles. The summed E-state index contributed by atoms with van der Waals surface area (Å²) in [4.78, 5) is 34.7. The molecule has 9 nitrogen and oxygen atoms in total. The summed E-state index contributed by atoms with van der Waals surface area (Å²) in [5, 5.41) is 14.0. The first-order valence-corrected chi connectivity index (χ1v) is 8.21. The van der Waals surface area contributed by atoms with Crippen LogP contribution < -0.4 is 10.6 Å². The number of carboxylic acid groups (broad SMARTS) is 1. The second-order valence-electron chi connectivity index (χ2n) is 5.83. The molecule has 3 heterocycles. The van der Waals surface area contributed by atoms with E-state index in [0.717, 1.165) is 6.20 Å². The molecule has 0 atom stereocenters. The van der Waals surface area contributed by atoms with Crippen LogP contribution in [0.4, 0.5) is 16.0 Å². The van der Waals surface area contributed by atoms with Crippen molar-refractivity contribution in [2.24, 2.45) is 9.98 Å². The standard InChI is InChI=1S/C18H17FN6O3/c1-20-16(13-7-24-17-12(13)5-10(19)6-23-17)11-3-4-25(18(11)21-2)9-14(26)22-8-15(27)28/h3-7,21H,1,8-9H2,2H3,(H,22,26)(H,27,28). The van der Waals surface area contributed by atoms with Gasteiger partial charge in [-0.1, -0.05) is 0 Å². The van der Waals surface area contributed by atoms with Crippen molar-refractivity contribution in [1.82, 2.24) is 14.9 Å². The van der Waals surface area contributed by atoms with Gasteiger partial charge in [0.15, 0.2) is 5.82 Å². The van der Waals surface area contributed by atoms with Gasteiger partial charge >= 0.3 is 5.97 Å². The first kappa shape index (κ1) is 19.0. The fourth-order valence-corrected chi connectivity index (χ4v) is 2.89. The molecule has 1 amide bonds. The minimum absolute atomic E-state index is 0.0932. The monoisotopic (exact) mass is 384 g/mol. The van der Waals surface area contributed by atoms with Crippen LogP contribution in [0, 0.1) is 5.82 Å². The molecule has 0 radical (unpaired) electrons. The number of hydrogen-bond donors (Lipinski definition) is 3. The summed E-state index contributed by atoms with van der Waals surface area (Å²) >= 11 is 0. The van der Waals surface area contributed by atoms with Gasteiger partial charge in [-0.15, -0.1) is 0 Å².